The van der Waals surface area contributed by atoms with Gasteiger partial charge in [0.1, 0.15) is 5.65 Å². The number of piperazine rings is 1. The van der Waals surface area contributed by atoms with E-state index in [1.54, 1.807) is 0 Å². The van der Waals surface area contributed by atoms with Crippen LogP contribution >= 0.6 is 0 Å². The van der Waals surface area contributed by atoms with Gasteiger partial charge in [0.15, 0.2) is 5.78 Å². The normalized spacial score (nSPS) is 15.1. The largest absolute Gasteiger partial charge is 0.340 e. The van der Waals surface area contributed by atoms with E-state index in [2.05, 4.69) is 36.0 Å². The van der Waals surface area contributed by atoms with Crippen LogP contribution in [0.5, 0.6) is 0 Å². The van der Waals surface area contributed by atoms with Crippen molar-refractivity contribution in [2.24, 2.45) is 0 Å². The first kappa shape index (κ1) is 21.5. The Balaban J connectivity index is 1.44. The number of pyridine rings is 1. The number of unbranched alkanes of at least 4 members (excludes halogenated alkanes) is 2. The van der Waals surface area contributed by atoms with Crippen LogP contribution in [-0.4, -0.2) is 64.7 Å². The van der Waals surface area contributed by atoms with Crippen LogP contribution in [0.4, 0.5) is 0 Å². The first-order valence-electron chi connectivity index (χ1n) is 11.5. The third kappa shape index (κ3) is 4.96. The molecule has 2 aromatic heterocycles. The molecule has 1 fully saturated rings. The molecule has 0 saturated carbocycles. The maximum atomic E-state index is 12.8. The van der Waals surface area contributed by atoms with Crippen molar-refractivity contribution in [3.63, 3.8) is 0 Å². The van der Waals surface area contributed by atoms with Gasteiger partial charge in [0.25, 0.3) is 0 Å². The summed E-state index contributed by atoms with van der Waals surface area (Å²) in [5, 5.41) is 2.05. The van der Waals surface area contributed by atoms with Crippen molar-refractivity contribution in [3.05, 3.63) is 41.6 Å². The number of hydrogen-bond acceptors (Lipinski definition) is 4. The number of carbonyl (C=O) groups is 2. The quantitative estimate of drug-likeness (QED) is 0.438. The Morgan fingerprint density at radius 3 is 2.58 bits per heavy atom. The summed E-state index contributed by atoms with van der Waals surface area (Å²) in [6.07, 6.45) is 5.09. The number of amides is 1. The second kappa shape index (κ2) is 9.60. The molecule has 31 heavy (non-hydrogen) atoms. The first-order chi connectivity index (χ1) is 15.0. The number of Topliss-reactive ketones (excluding diaryl/α,β-unsaturated/α-hetero) is 1. The fraction of sp³-hybridized carbons (Fsp3) is 0.480. The van der Waals surface area contributed by atoms with Crippen LogP contribution in [0.15, 0.2) is 30.3 Å². The van der Waals surface area contributed by atoms with Crippen molar-refractivity contribution < 1.29 is 9.59 Å². The standard InChI is InChI=1S/C25H32N4O2/c1-3-4-5-6-19-8-9-20-21-17-18(7-10-22(21)27-25(20)26-19)23(30)11-12-24(31)29-15-13-28(2)14-16-29/h7-10,17H,3-6,11-16H2,1-2H3,(H,26,27). The summed E-state index contributed by atoms with van der Waals surface area (Å²) in [7, 11) is 2.06. The van der Waals surface area contributed by atoms with Crippen molar-refractivity contribution in [1.29, 1.82) is 0 Å². The molecule has 0 bridgehead atoms. The number of carbonyl (C=O) groups excluding carboxylic acids is 2. The lowest BCUT2D eigenvalue weighted by molar-refractivity contribution is -0.132. The molecule has 3 heterocycles. The highest BCUT2D eigenvalue weighted by atomic mass is 16.2. The molecule has 1 amide bonds. The van der Waals surface area contributed by atoms with Gasteiger partial charge in [-0.25, -0.2) is 4.98 Å². The number of likely N-dealkylation sites (N-methyl/N-ethyl adjacent to an activating group) is 1. The molecule has 0 aliphatic carbocycles. The topological polar surface area (TPSA) is 69.3 Å². The molecular formula is C25H32N4O2. The van der Waals surface area contributed by atoms with E-state index in [0.29, 0.717) is 5.56 Å². The average molecular weight is 421 g/mol. The lowest BCUT2D eigenvalue weighted by Crippen LogP contribution is -2.47. The zero-order valence-corrected chi connectivity index (χ0v) is 18.6. The fourth-order valence-electron chi connectivity index (χ4n) is 4.26. The molecule has 1 aromatic carbocycles. The van der Waals surface area contributed by atoms with Gasteiger partial charge in [-0.05, 0) is 50.2 Å². The predicted octanol–water partition coefficient (Wildman–Crippen LogP) is 4.19. The minimum absolute atomic E-state index is 0.0165. The molecule has 0 atom stereocenters. The van der Waals surface area contributed by atoms with Crippen LogP contribution in [-0.2, 0) is 11.2 Å². The van der Waals surface area contributed by atoms with Gasteiger partial charge in [0.05, 0.1) is 0 Å². The van der Waals surface area contributed by atoms with E-state index in [0.717, 1.165) is 66.7 Å². The molecule has 4 rings (SSSR count). The molecule has 0 radical (unpaired) electrons. The molecule has 3 aromatic rings. The van der Waals surface area contributed by atoms with Gasteiger partial charge in [-0.2, -0.15) is 0 Å². The number of aryl methyl sites for hydroxylation is 1. The smallest absolute Gasteiger partial charge is 0.223 e. The Labute approximate surface area is 183 Å². The lowest BCUT2D eigenvalue weighted by atomic mass is 10.0. The van der Waals surface area contributed by atoms with Gasteiger partial charge in [-0.15, -0.1) is 0 Å². The zero-order chi connectivity index (χ0) is 21.8. The highest BCUT2D eigenvalue weighted by Gasteiger charge is 2.20. The number of nitrogens with one attached hydrogen (secondary N) is 1. The molecule has 6 heteroatoms. The minimum Gasteiger partial charge on any atom is -0.340 e. The number of hydrogen-bond donors (Lipinski definition) is 1. The summed E-state index contributed by atoms with van der Waals surface area (Å²) in [4.78, 5) is 37.5. The van der Waals surface area contributed by atoms with Crippen molar-refractivity contribution >= 4 is 33.6 Å². The molecule has 0 spiro atoms. The van der Waals surface area contributed by atoms with Crippen LogP contribution in [0.1, 0.15) is 55.1 Å². The van der Waals surface area contributed by atoms with Gasteiger partial charge < -0.3 is 14.8 Å². The maximum absolute atomic E-state index is 12.8. The summed E-state index contributed by atoms with van der Waals surface area (Å²) in [5.74, 6) is 0.0947. The predicted molar refractivity (Wildman–Crippen MR) is 124 cm³/mol. The number of nitrogens with zero attached hydrogens (tertiary/aromatic N) is 3. The average Bonchev–Trinajstić information content (AvgIpc) is 3.15. The number of aromatic nitrogens is 2. The van der Waals surface area contributed by atoms with Crippen LogP contribution in [0, 0.1) is 0 Å². The molecule has 0 unspecified atom stereocenters. The number of ketones is 1. The molecule has 6 nitrogen and oxygen atoms in total. The highest BCUT2D eigenvalue weighted by Crippen LogP contribution is 2.26. The highest BCUT2D eigenvalue weighted by molar-refractivity contribution is 6.09. The van der Waals surface area contributed by atoms with E-state index in [4.69, 9.17) is 4.98 Å². The molecule has 1 aliphatic rings. The molecule has 1 N–H and O–H groups in total. The van der Waals surface area contributed by atoms with E-state index >= 15 is 0 Å². The lowest BCUT2D eigenvalue weighted by Gasteiger charge is -2.32. The summed E-state index contributed by atoms with van der Waals surface area (Å²) in [6, 6.07) is 9.93. The summed E-state index contributed by atoms with van der Waals surface area (Å²) in [5.41, 5.74) is 3.62. The van der Waals surface area contributed by atoms with Gasteiger partial charge in [0.2, 0.25) is 5.91 Å². The van der Waals surface area contributed by atoms with Gasteiger partial charge in [0, 0.05) is 66.6 Å². The van der Waals surface area contributed by atoms with Crippen molar-refractivity contribution in [3.8, 4) is 0 Å². The van der Waals surface area contributed by atoms with E-state index in [9.17, 15) is 9.59 Å². The Bertz CT molecular complexity index is 1080. The molecule has 1 aliphatic heterocycles. The number of rotatable bonds is 8. The van der Waals surface area contributed by atoms with Gasteiger partial charge in [-0.1, -0.05) is 19.8 Å². The number of H-pyrrole nitrogens is 1. The van der Waals surface area contributed by atoms with Gasteiger partial charge in [-0.3, -0.25) is 9.59 Å². The van der Waals surface area contributed by atoms with E-state index in [-0.39, 0.29) is 24.5 Å². The van der Waals surface area contributed by atoms with Crippen molar-refractivity contribution in [2.45, 2.75) is 45.4 Å². The van der Waals surface area contributed by atoms with Crippen molar-refractivity contribution in [2.75, 3.05) is 33.2 Å². The Hall–Kier alpha value is -2.73. The fourth-order valence-corrected chi connectivity index (χ4v) is 4.26. The third-order valence-corrected chi connectivity index (χ3v) is 6.30. The van der Waals surface area contributed by atoms with Gasteiger partial charge >= 0.3 is 0 Å². The van der Waals surface area contributed by atoms with Crippen LogP contribution in [0.25, 0.3) is 21.9 Å². The Morgan fingerprint density at radius 2 is 1.81 bits per heavy atom. The number of fused-ring (bicyclic) bond motifs is 3. The maximum Gasteiger partial charge on any atom is 0.223 e. The molecular weight excluding hydrogens is 388 g/mol. The van der Waals surface area contributed by atoms with E-state index < -0.39 is 0 Å². The Kier molecular flexibility index (Phi) is 6.66. The zero-order valence-electron chi connectivity index (χ0n) is 18.6. The summed E-state index contributed by atoms with van der Waals surface area (Å²) < 4.78 is 0. The van der Waals surface area contributed by atoms with E-state index in [1.807, 2.05) is 23.1 Å². The van der Waals surface area contributed by atoms with E-state index in [1.165, 1.54) is 12.8 Å². The first-order valence-corrected chi connectivity index (χ1v) is 11.5. The second-order valence-corrected chi connectivity index (χ2v) is 8.65. The summed E-state index contributed by atoms with van der Waals surface area (Å²) in [6.45, 7) is 5.49. The molecule has 164 valence electrons. The molecule has 1 saturated heterocycles. The van der Waals surface area contributed by atoms with Crippen LogP contribution in [0.2, 0.25) is 0 Å². The Morgan fingerprint density at radius 1 is 1.00 bits per heavy atom. The summed E-state index contributed by atoms with van der Waals surface area (Å²) >= 11 is 0. The SMILES string of the molecule is CCCCCc1ccc2c(n1)[nH]c1ccc(C(=O)CCC(=O)N3CCN(C)CC3)cc12. The number of benzene rings is 1. The second-order valence-electron chi connectivity index (χ2n) is 8.65. The van der Waals surface area contributed by atoms with Crippen molar-refractivity contribution in [1.82, 2.24) is 19.8 Å². The van der Waals surface area contributed by atoms with Crippen LogP contribution in [0.3, 0.4) is 0 Å². The monoisotopic (exact) mass is 420 g/mol. The number of aromatic amines is 1. The van der Waals surface area contributed by atoms with Crippen LogP contribution < -0.4 is 0 Å². The third-order valence-electron chi connectivity index (χ3n) is 6.30. The minimum atomic E-state index is 0.0165.